The molecule has 1 atom stereocenters. The number of aryl methyl sites for hydroxylation is 2. The summed E-state index contributed by atoms with van der Waals surface area (Å²) in [6, 6.07) is 11.1. The minimum Gasteiger partial charge on any atom is -0.347 e. The Bertz CT molecular complexity index is 1530. The molecule has 12 heteroatoms. The van der Waals surface area contributed by atoms with E-state index in [4.69, 9.17) is 0 Å². The average molecular weight is 488 g/mol. The van der Waals surface area contributed by atoms with Gasteiger partial charge in [0.05, 0.1) is 11.7 Å². The molecule has 0 saturated carbocycles. The molecule has 1 aliphatic carbocycles. The fraction of sp³-hybridized carbons (Fsp3) is 0.208. The molecule has 182 valence electrons. The Balaban J connectivity index is 1.25. The van der Waals surface area contributed by atoms with Gasteiger partial charge in [0.1, 0.15) is 23.5 Å². The van der Waals surface area contributed by atoms with Gasteiger partial charge < -0.3 is 10.6 Å². The zero-order chi connectivity index (χ0) is 25.2. The zero-order valence-corrected chi connectivity index (χ0v) is 19.2. The lowest BCUT2D eigenvalue weighted by molar-refractivity contribution is 0.0931. The maximum atomic E-state index is 13.4. The largest absolute Gasteiger partial charge is 0.365 e. The number of carbonyl (C=O) groups excluding carboxylic acids is 2. The average Bonchev–Trinajstić information content (AvgIpc) is 3.50. The number of hydrogen-bond donors (Lipinski definition) is 3. The number of hydrogen-bond acceptors (Lipinski definition) is 7. The number of nitrogens with one attached hydrogen (secondary N) is 3. The summed E-state index contributed by atoms with van der Waals surface area (Å²) in [4.78, 5) is 45.2. The lowest BCUT2D eigenvalue weighted by Crippen LogP contribution is -2.29. The summed E-state index contributed by atoms with van der Waals surface area (Å²) in [6.45, 7) is 1.84. The second kappa shape index (κ2) is 9.49. The van der Waals surface area contributed by atoms with Gasteiger partial charge in [0, 0.05) is 12.6 Å². The molecule has 3 N–H and O–H groups in total. The lowest BCUT2D eigenvalue weighted by Gasteiger charge is -2.14. The monoisotopic (exact) mass is 488 g/mol. The number of fused-ring (bicyclic) bond motifs is 1. The summed E-state index contributed by atoms with van der Waals surface area (Å²) in [7, 11) is 0. The van der Waals surface area contributed by atoms with Crippen molar-refractivity contribution in [2.45, 2.75) is 32.4 Å². The topological polar surface area (TPSA) is 148 Å². The Morgan fingerprint density at radius 3 is 2.67 bits per heavy atom. The first kappa shape index (κ1) is 23.0. The van der Waals surface area contributed by atoms with Crippen LogP contribution in [0.5, 0.6) is 0 Å². The first-order valence-electron chi connectivity index (χ1n) is 11.2. The molecular weight excluding hydrogens is 467 g/mol. The third-order valence-electron chi connectivity index (χ3n) is 6.03. The van der Waals surface area contributed by atoms with E-state index in [0.717, 1.165) is 27.7 Å². The highest BCUT2D eigenvalue weighted by Gasteiger charge is 2.26. The molecule has 4 aromatic rings. The van der Waals surface area contributed by atoms with Crippen molar-refractivity contribution in [3.8, 4) is 5.69 Å². The molecule has 2 amide bonds. The van der Waals surface area contributed by atoms with Crippen molar-refractivity contribution in [1.82, 2.24) is 40.8 Å². The van der Waals surface area contributed by atoms with E-state index in [9.17, 15) is 18.8 Å². The predicted octanol–water partition coefficient (Wildman–Crippen LogP) is 1.54. The molecule has 2 heterocycles. The van der Waals surface area contributed by atoms with Crippen LogP contribution in [0.3, 0.4) is 0 Å². The lowest BCUT2D eigenvalue weighted by atomic mass is 10.1. The fourth-order valence-electron chi connectivity index (χ4n) is 4.18. The van der Waals surface area contributed by atoms with Gasteiger partial charge in [-0.05, 0) is 70.6 Å². The predicted molar refractivity (Wildman–Crippen MR) is 125 cm³/mol. The second-order valence-electron chi connectivity index (χ2n) is 8.42. The number of halogens is 1. The summed E-state index contributed by atoms with van der Waals surface area (Å²) in [6.07, 6.45) is 2.55. The Morgan fingerprint density at radius 1 is 1.11 bits per heavy atom. The number of tetrazole rings is 1. The molecule has 1 aliphatic rings. The van der Waals surface area contributed by atoms with E-state index in [1.807, 2.05) is 12.1 Å². The molecule has 0 saturated heterocycles. The van der Waals surface area contributed by atoms with Gasteiger partial charge in [0.2, 0.25) is 0 Å². The molecule has 0 unspecified atom stereocenters. The number of amides is 2. The van der Waals surface area contributed by atoms with Gasteiger partial charge in [-0.1, -0.05) is 18.2 Å². The van der Waals surface area contributed by atoms with Crippen molar-refractivity contribution < 1.29 is 14.0 Å². The summed E-state index contributed by atoms with van der Waals surface area (Å²) < 4.78 is 14.6. The first-order valence-corrected chi connectivity index (χ1v) is 11.2. The summed E-state index contributed by atoms with van der Waals surface area (Å²) in [5.74, 6) is -1.22. The number of benzene rings is 2. The van der Waals surface area contributed by atoms with Crippen LogP contribution < -0.4 is 16.3 Å². The highest BCUT2D eigenvalue weighted by molar-refractivity contribution is 5.97. The second-order valence-corrected chi connectivity index (χ2v) is 8.42. The van der Waals surface area contributed by atoms with Crippen molar-refractivity contribution in [1.29, 1.82) is 0 Å². The van der Waals surface area contributed by atoms with Crippen LogP contribution in [0.15, 0.2) is 53.6 Å². The smallest absolute Gasteiger partial charge is 0.347 e. The highest BCUT2D eigenvalue weighted by Crippen LogP contribution is 2.32. The van der Waals surface area contributed by atoms with Gasteiger partial charge in [0.15, 0.2) is 0 Å². The van der Waals surface area contributed by atoms with E-state index in [0.29, 0.717) is 24.1 Å². The van der Waals surface area contributed by atoms with Crippen LogP contribution in [0.2, 0.25) is 0 Å². The molecular formula is C24H21FN8O3. The van der Waals surface area contributed by atoms with E-state index < -0.39 is 17.5 Å². The van der Waals surface area contributed by atoms with Crippen molar-refractivity contribution in [3.05, 3.63) is 98.7 Å². The third kappa shape index (κ3) is 4.60. The van der Waals surface area contributed by atoms with Gasteiger partial charge in [-0.2, -0.15) is 4.68 Å². The highest BCUT2D eigenvalue weighted by atomic mass is 19.1. The molecule has 11 nitrogen and oxygen atoms in total. The fourth-order valence-corrected chi connectivity index (χ4v) is 4.18. The molecule has 2 aromatic carbocycles. The zero-order valence-electron chi connectivity index (χ0n) is 19.2. The van der Waals surface area contributed by atoms with Crippen LogP contribution in [0, 0.1) is 12.7 Å². The third-order valence-corrected chi connectivity index (χ3v) is 6.03. The molecule has 0 aliphatic heterocycles. The maximum Gasteiger partial charge on any atom is 0.365 e. The summed E-state index contributed by atoms with van der Waals surface area (Å²) >= 11 is 0. The van der Waals surface area contributed by atoms with Crippen molar-refractivity contribution in [2.75, 3.05) is 0 Å². The Labute approximate surface area is 203 Å². The molecule has 5 rings (SSSR count). The van der Waals surface area contributed by atoms with Gasteiger partial charge in [-0.25, -0.2) is 24.3 Å². The van der Waals surface area contributed by atoms with E-state index in [1.165, 1.54) is 12.1 Å². The number of rotatable bonds is 6. The van der Waals surface area contributed by atoms with Gasteiger partial charge >= 0.3 is 5.69 Å². The van der Waals surface area contributed by atoms with Crippen LogP contribution in [0.4, 0.5) is 4.39 Å². The normalized spacial score (nSPS) is 14.3. The van der Waals surface area contributed by atoms with Gasteiger partial charge in [0.25, 0.3) is 11.8 Å². The Morgan fingerprint density at radius 2 is 1.92 bits per heavy atom. The SMILES string of the molecule is Cc1cc(CNC(=O)c2cc(C(=O)N[C@H]3CCc4cc(-n5nn[nH]c5=O)ccc43)ncn2)ccc1F. The number of nitrogens with zero attached hydrogens (tertiary/aromatic N) is 5. The van der Waals surface area contributed by atoms with E-state index in [1.54, 1.807) is 25.1 Å². The Hall–Kier alpha value is -4.74. The van der Waals surface area contributed by atoms with E-state index >= 15 is 0 Å². The maximum absolute atomic E-state index is 13.4. The molecule has 36 heavy (non-hydrogen) atoms. The van der Waals surface area contributed by atoms with Gasteiger partial charge in [-0.3, -0.25) is 9.59 Å². The van der Waals surface area contributed by atoms with Crippen LogP contribution >= 0.6 is 0 Å². The van der Waals surface area contributed by atoms with Crippen molar-refractivity contribution in [3.63, 3.8) is 0 Å². The Kier molecular flexibility index (Phi) is 6.07. The quantitative estimate of drug-likeness (QED) is 0.373. The van der Waals surface area contributed by atoms with E-state index in [2.05, 4.69) is 36.1 Å². The molecule has 0 fully saturated rings. The van der Waals surface area contributed by atoms with Gasteiger partial charge in [-0.15, -0.1) is 0 Å². The molecule has 0 spiro atoms. The summed E-state index contributed by atoms with van der Waals surface area (Å²) in [5.41, 5.74) is 3.41. The van der Waals surface area contributed by atoms with Crippen molar-refractivity contribution in [2.24, 2.45) is 0 Å². The number of carbonyl (C=O) groups is 2. The number of aromatic nitrogens is 6. The molecule has 0 radical (unpaired) electrons. The van der Waals surface area contributed by atoms with Crippen LogP contribution in [0.1, 0.15) is 55.7 Å². The standard InChI is InChI=1S/C24H21FN8O3/c1-13-8-14(2-6-18(13)25)11-26-22(34)20-10-21(28-12-27-20)23(35)29-19-7-3-15-9-16(4-5-17(15)19)33-24(36)30-31-32-33/h2,4-6,8-10,12,19H,3,7,11H2,1H3,(H,26,34)(H,29,35)(H,30,32,36)/t19-/m0/s1. The molecule has 2 aromatic heterocycles. The number of H-pyrrole nitrogens is 1. The number of aromatic amines is 1. The first-order chi connectivity index (χ1) is 17.4. The summed E-state index contributed by atoms with van der Waals surface area (Å²) in [5, 5.41) is 15.2. The van der Waals surface area contributed by atoms with E-state index in [-0.39, 0.29) is 29.8 Å². The minimum atomic E-state index is -0.477. The molecule has 0 bridgehead atoms. The minimum absolute atomic E-state index is 0.0449. The van der Waals surface area contributed by atoms with Crippen LogP contribution in [-0.2, 0) is 13.0 Å². The van der Waals surface area contributed by atoms with Crippen molar-refractivity contribution >= 4 is 11.8 Å². The van der Waals surface area contributed by atoms with Crippen LogP contribution in [0.25, 0.3) is 5.69 Å². The van der Waals surface area contributed by atoms with Crippen LogP contribution in [-0.4, -0.2) is 42.0 Å².